The van der Waals surface area contributed by atoms with Crippen LogP contribution in [0.15, 0.2) is 60.9 Å². The predicted octanol–water partition coefficient (Wildman–Crippen LogP) is 3.25. The van der Waals surface area contributed by atoms with Crippen molar-refractivity contribution in [2.24, 2.45) is 0 Å². The molecular weight excluding hydrogens is 342 g/mol. The molecule has 0 saturated carbocycles. The SMILES string of the molecule is CCOc1ccc(C(=O)NCCc2cnn(-c3ccccc3)c2)cc1OC. The van der Waals surface area contributed by atoms with E-state index in [9.17, 15) is 4.79 Å². The lowest BCUT2D eigenvalue weighted by molar-refractivity contribution is 0.0953. The Morgan fingerprint density at radius 3 is 2.70 bits per heavy atom. The highest BCUT2D eigenvalue weighted by Crippen LogP contribution is 2.27. The van der Waals surface area contributed by atoms with E-state index in [0.29, 0.717) is 36.6 Å². The molecule has 3 rings (SSSR count). The van der Waals surface area contributed by atoms with Gasteiger partial charge in [-0.25, -0.2) is 4.68 Å². The number of aromatic nitrogens is 2. The van der Waals surface area contributed by atoms with Gasteiger partial charge in [-0.15, -0.1) is 0 Å². The predicted molar refractivity (Wildman–Crippen MR) is 104 cm³/mol. The van der Waals surface area contributed by atoms with E-state index in [1.807, 2.05) is 54.3 Å². The Morgan fingerprint density at radius 1 is 1.15 bits per heavy atom. The Balaban J connectivity index is 1.56. The number of benzene rings is 2. The van der Waals surface area contributed by atoms with Gasteiger partial charge in [0.15, 0.2) is 11.5 Å². The van der Waals surface area contributed by atoms with Crippen molar-refractivity contribution in [2.75, 3.05) is 20.3 Å². The summed E-state index contributed by atoms with van der Waals surface area (Å²) in [5.41, 5.74) is 2.60. The summed E-state index contributed by atoms with van der Waals surface area (Å²) in [6.45, 7) is 2.97. The summed E-state index contributed by atoms with van der Waals surface area (Å²) in [7, 11) is 1.56. The van der Waals surface area contributed by atoms with Crippen LogP contribution in [0.2, 0.25) is 0 Å². The molecule has 2 aromatic carbocycles. The van der Waals surface area contributed by atoms with E-state index in [0.717, 1.165) is 11.3 Å². The smallest absolute Gasteiger partial charge is 0.251 e. The number of para-hydroxylation sites is 1. The zero-order chi connectivity index (χ0) is 19.1. The molecule has 0 spiro atoms. The van der Waals surface area contributed by atoms with Crippen molar-refractivity contribution in [3.8, 4) is 17.2 Å². The summed E-state index contributed by atoms with van der Waals surface area (Å²) in [5.74, 6) is 1.03. The van der Waals surface area contributed by atoms with Crippen LogP contribution in [0.5, 0.6) is 11.5 Å². The molecule has 27 heavy (non-hydrogen) atoms. The molecule has 1 aromatic heterocycles. The van der Waals surface area contributed by atoms with Gasteiger partial charge < -0.3 is 14.8 Å². The van der Waals surface area contributed by atoms with Crippen molar-refractivity contribution in [2.45, 2.75) is 13.3 Å². The molecule has 0 bridgehead atoms. The average molecular weight is 365 g/mol. The van der Waals surface area contributed by atoms with Crippen LogP contribution in [0.25, 0.3) is 5.69 Å². The zero-order valence-electron chi connectivity index (χ0n) is 15.5. The summed E-state index contributed by atoms with van der Waals surface area (Å²) >= 11 is 0. The van der Waals surface area contributed by atoms with Crippen molar-refractivity contribution >= 4 is 5.91 Å². The van der Waals surface area contributed by atoms with E-state index < -0.39 is 0 Å². The van der Waals surface area contributed by atoms with Gasteiger partial charge in [0, 0.05) is 18.3 Å². The molecule has 6 heteroatoms. The minimum Gasteiger partial charge on any atom is -0.493 e. The van der Waals surface area contributed by atoms with Crippen molar-refractivity contribution < 1.29 is 14.3 Å². The van der Waals surface area contributed by atoms with Crippen LogP contribution >= 0.6 is 0 Å². The highest BCUT2D eigenvalue weighted by Gasteiger charge is 2.11. The fourth-order valence-electron chi connectivity index (χ4n) is 2.72. The number of nitrogens with zero attached hydrogens (tertiary/aromatic N) is 2. The first-order chi connectivity index (χ1) is 13.2. The second-order valence-electron chi connectivity index (χ2n) is 5.93. The lowest BCUT2D eigenvalue weighted by atomic mass is 10.2. The van der Waals surface area contributed by atoms with Gasteiger partial charge in [-0.05, 0) is 49.2 Å². The Hall–Kier alpha value is -3.28. The fourth-order valence-corrected chi connectivity index (χ4v) is 2.72. The van der Waals surface area contributed by atoms with E-state index in [-0.39, 0.29) is 5.91 Å². The zero-order valence-corrected chi connectivity index (χ0v) is 15.5. The molecule has 0 fully saturated rings. The third-order valence-corrected chi connectivity index (χ3v) is 4.08. The van der Waals surface area contributed by atoms with E-state index in [4.69, 9.17) is 9.47 Å². The number of hydrogen-bond donors (Lipinski definition) is 1. The summed E-state index contributed by atoms with van der Waals surface area (Å²) in [6, 6.07) is 15.1. The molecule has 0 aliphatic rings. The van der Waals surface area contributed by atoms with Gasteiger partial charge >= 0.3 is 0 Å². The standard InChI is InChI=1S/C21H23N3O3/c1-3-27-19-10-9-17(13-20(19)26-2)21(25)22-12-11-16-14-23-24(15-16)18-7-5-4-6-8-18/h4-10,13-15H,3,11-12H2,1-2H3,(H,22,25). The molecule has 1 amide bonds. The van der Waals surface area contributed by atoms with Crippen molar-refractivity contribution in [1.82, 2.24) is 15.1 Å². The van der Waals surface area contributed by atoms with E-state index >= 15 is 0 Å². The molecule has 0 radical (unpaired) electrons. The summed E-state index contributed by atoms with van der Waals surface area (Å²) in [4.78, 5) is 12.4. The number of hydrogen-bond acceptors (Lipinski definition) is 4. The van der Waals surface area contributed by atoms with Crippen LogP contribution in [0.3, 0.4) is 0 Å². The fraction of sp³-hybridized carbons (Fsp3) is 0.238. The van der Waals surface area contributed by atoms with Gasteiger partial charge in [-0.2, -0.15) is 5.10 Å². The average Bonchev–Trinajstić information content (AvgIpc) is 3.18. The number of rotatable bonds is 8. The summed E-state index contributed by atoms with van der Waals surface area (Å²) < 4.78 is 12.6. The minimum atomic E-state index is -0.146. The van der Waals surface area contributed by atoms with Crippen LogP contribution in [0.4, 0.5) is 0 Å². The molecule has 0 saturated heterocycles. The topological polar surface area (TPSA) is 65.4 Å². The quantitative estimate of drug-likeness (QED) is 0.665. The number of methoxy groups -OCH3 is 1. The Labute approximate surface area is 158 Å². The minimum absolute atomic E-state index is 0.146. The molecule has 6 nitrogen and oxygen atoms in total. The van der Waals surface area contributed by atoms with Crippen LogP contribution in [-0.4, -0.2) is 35.9 Å². The van der Waals surface area contributed by atoms with Crippen LogP contribution in [-0.2, 0) is 6.42 Å². The van der Waals surface area contributed by atoms with Gasteiger partial charge in [0.05, 0.1) is 25.6 Å². The second kappa shape index (κ2) is 8.89. The maximum atomic E-state index is 12.4. The van der Waals surface area contributed by atoms with Gasteiger partial charge in [0.25, 0.3) is 5.91 Å². The van der Waals surface area contributed by atoms with Crippen molar-refractivity contribution in [3.05, 3.63) is 72.1 Å². The number of amides is 1. The molecule has 1 heterocycles. The van der Waals surface area contributed by atoms with E-state index in [2.05, 4.69) is 10.4 Å². The molecule has 1 N–H and O–H groups in total. The normalized spacial score (nSPS) is 10.4. The monoisotopic (exact) mass is 365 g/mol. The number of ether oxygens (including phenoxy) is 2. The molecule has 3 aromatic rings. The number of carbonyl (C=O) groups is 1. The number of nitrogens with one attached hydrogen (secondary N) is 1. The third-order valence-electron chi connectivity index (χ3n) is 4.08. The van der Waals surface area contributed by atoms with Gasteiger partial charge in [0.2, 0.25) is 0 Å². The van der Waals surface area contributed by atoms with Crippen molar-refractivity contribution in [3.63, 3.8) is 0 Å². The largest absolute Gasteiger partial charge is 0.493 e. The van der Waals surface area contributed by atoms with E-state index in [1.54, 1.807) is 25.3 Å². The first-order valence-corrected chi connectivity index (χ1v) is 8.89. The number of carbonyl (C=O) groups excluding carboxylic acids is 1. The van der Waals surface area contributed by atoms with Gasteiger partial charge in [0.1, 0.15) is 0 Å². The van der Waals surface area contributed by atoms with Crippen LogP contribution < -0.4 is 14.8 Å². The molecular formula is C21H23N3O3. The lowest BCUT2D eigenvalue weighted by Crippen LogP contribution is -2.25. The summed E-state index contributed by atoms with van der Waals surface area (Å²) in [5, 5.41) is 7.29. The lowest BCUT2D eigenvalue weighted by Gasteiger charge is -2.11. The Morgan fingerprint density at radius 2 is 1.96 bits per heavy atom. The first kappa shape index (κ1) is 18.5. The highest BCUT2D eigenvalue weighted by atomic mass is 16.5. The Bertz CT molecular complexity index is 891. The molecule has 140 valence electrons. The van der Waals surface area contributed by atoms with Gasteiger partial charge in [-0.3, -0.25) is 4.79 Å². The van der Waals surface area contributed by atoms with Crippen LogP contribution in [0, 0.1) is 0 Å². The van der Waals surface area contributed by atoms with Gasteiger partial charge in [-0.1, -0.05) is 18.2 Å². The first-order valence-electron chi connectivity index (χ1n) is 8.89. The molecule has 0 aliphatic heterocycles. The molecule has 0 atom stereocenters. The highest BCUT2D eigenvalue weighted by molar-refractivity contribution is 5.94. The molecule has 0 aliphatic carbocycles. The maximum Gasteiger partial charge on any atom is 0.251 e. The maximum absolute atomic E-state index is 12.4. The van der Waals surface area contributed by atoms with E-state index in [1.165, 1.54) is 0 Å². The third kappa shape index (κ3) is 4.67. The second-order valence-corrected chi connectivity index (χ2v) is 5.93. The van der Waals surface area contributed by atoms with Crippen molar-refractivity contribution in [1.29, 1.82) is 0 Å². The van der Waals surface area contributed by atoms with Crippen LogP contribution in [0.1, 0.15) is 22.8 Å². The molecule has 0 unspecified atom stereocenters. The Kier molecular flexibility index (Phi) is 6.10. The summed E-state index contributed by atoms with van der Waals surface area (Å²) in [6.07, 6.45) is 4.49.